The van der Waals surface area contributed by atoms with Crippen LogP contribution >= 0.6 is 23.4 Å². The van der Waals surface area contributed by atoms with E-state index in [0.717, 1.165) is 12.3 Å². The zero-order valence-electron chi connectivity index (χ0n) is 12.2. The normalized spacial score (nSPS) is 14.3. The molecule has 0 N–H and O–H groups in total. The molecule has 0 bridgehead atoms. The van der Waals surface area contributed by atoms with Crippen molar-refractivity contribution in [3.8, 4) is 5.75 Å². The summed E-state index contributed by atoms with van der Waals surface area (Å²) >= 11 is 7.84. The first-order chi connectivity index (χ1) is 10.2. The van der Waals surface area contributed by atoms with Gasteiger partial charge in [0.2, 0.25) is 0 Å². The summed E-state index contributed by atoms with van der Waals surface area (Å²) in [7, 11) is 1.71. The van der Waals surface area contributed by atoms with Crippen molar-refractivity contribution in [2.75, 3.05) is 24.4 Å². The third-order valence-electron chi connectivity index (χ3n) is 3.59. The van der Waals surface area contributed by atoms with Gasteiger partial charge in [-0.05, 0) is 30.2 Å². The van der Waals surface area contributed by atoms with E-state index in [1.54, 1.807) is 7.11 Å². The van der Waals surface area contributed by atoms with E-state index in [2.05, 4.69) is 48.2 Å². The molecule has 0 aliphatic carbocycles. The minimum Gasteiger partial charge on any atom is -0.497 e. The minimum absolute atomic E-state index is 0.418. The van der Waals surface area contributed by atoms with Crippen LogP contribution in [0.3, 0.4) is 0 Å². The average Bonchev–Trinajstić information content (AvgIpc) is 2.54. The molecule has 21 heavy (non-hydrogen) atoms. The molecule has 3 rings (SSSR count). The Morgan fingerprint density at radius 3 is 2.67 bits per heavy atom. The summed E-state index contributed by atoms with van der Waals surface area (Å²) in [5.74, 6) is 1.96. The highest BCUT2D eigenvalue weighted by Crippen LogP contribution is 2.49. The van der Waals surface area contributed by atoms with Crippen molar-refractivity contribution < 1.29 is 4.74 Å². The Morgan fingerprint density at radius 2 is 1.90 bits per heavy atom. The molecule has 0 aromatic heterocycles. The Bertz CT molecular complexity index is 646. The molecule has 1 heterocycles. The zero-order valence-corrected chi connectivity index (χ0v) is 13.7. The second-order valence-electron chi connectivity index (χ2n) is 5.27. The first-order valence-corrected chi connectivity index (χ1v) is 8.36. The number of ether oxygens (including phenoxy) is 1. The maximum atomic E-state index is 6.03. The van der Waals surface area contributed by atoms with Gasteiger partial charge in [0, 0.05) is 28.3 Å². The van der Waals surface area contributed by atoms with Gasteiger partial charge in [-0.3, -0.25) is 0 Å². The number of fused-ring (bicyclic) bond motifs is 2. The van der Waals surface area contributed by atoms with Crippen LogP contribution in [-0.2, 0) is 0 Å². The summed E-state index contributed by atoms with van der Waals surface area (Å²) in [6, 6.07) is 14.8. The third-order valence-corrected chi connectivity index (χ3v) is 5.25. The number of methoxy groups -OCH3 is 1. The van der Waals surface area contributed by atoms with Crippen LogP contribution in [0.15, 0.2) is 52.3 Å². The standard InChI is InChI=1S/C17H18ClNOS/c1-12(10-18)11-19-14-5-3-4-6-16(14)21-17-8-7-13(20-2)9-15(17)19/h3-9,12H,10-11H2,1-2H3/t12-/m1/s1. The van der Waals surface area contributed by atoms with Crippen molar-refractivity contribution in [2.24, 2.45) is 5.92 Å². The van der Waals surface area contributed by atoms with E-state index in [1.807, 2.05) is 17.8 Å². The average molecular weight is 320 g/mol. The molecule has 1 aliphatic rings. The van der Waals surface area contributed by atoms with Crippen LogP contribution in [0.25, 0.3) is 0 Å². The Kier molecular flexibility index (Phi) is 4.32. The number of rotatable bonds is 4. The molecule has 0 saturated carbocycles. The van der Waals surface area contributed by atoms with E-state index < -0.39 is 0 Å². The lowest BCUT2D eigenvalue weighted by Crippen LogP contribution is -2.27. The summed E-state index contributed by atoms with van der Waals surface area (Å²) < 4.78 is 5.39. The predicted octanol–water partition coefficient (Wildman–Crippen LogP) is 5.17. The summed E-state index contributed by atoms with van der Waals surface area (Å²) in [6.45, 7) is 3.08. The van der Waals surface area contributed by atoms with Crippen LogP contribution in [0.4, 0.5) is 11.4 Å². The fraction of sp³-hybridized carbons (Fsp3) is 0.294. The maximum absolute atomic E-state index is 6.03. The lowest BCUT2D eigenvalue weighted by atomic mass is 10.1. The predicted molar refractivity (Wildman–Crippen MR) is 90.4 cm³/mol. The highest BCUT2D eigenvalue weighted by molar-refractivity contribution is 7.99. The molecule has 1 atom stereocenters. The summed E-state index contributed by atoms with van der Waals surface area (Å²) in [4.78, 5) is 4.91. The van der Waals surface area contributed by atoms with Crippen LogP contribution in [-0.4, -0.2) is 19.5 Å². The molecule has 4 heteroatoms. The highest BCUT2D eigenvalue weighted by Gasteiger charge is 2.24. The number of halogens is 1. The Hall–Kier alpha value is -1.32. The molecular formula is C17H18ClNOS. The van der Waals surface area contributed by atoms with Gasteiger partial charge in [0.1, 0.15) is 5.75 Å². The van der Waals surface area contributed by atoms with Crippen molar-refractivity contribution in [1.29, 1.82) is 0 Å². The Morgan fingerprint density at radius 1 is 1.14 bits per heavy atom. The van der Waals surface area contributed by atoms with Gasteiger partial charge >= 0.3 is 0 Å². The summed E-state index contributed by atoms with van der Waals surface area (Å²) in [5.41, 5.74) is 2.45. The van der Waals surface area contributed by atoms with Crippen LogP contribution in [0.2, 0.25) is 0 Å². The number of nitrogens with zero attached hydrogens (tertiary/aromatic N) is 1. The van der Waals surface area contributed by atoms with E-state index in [9.17, 15) is 0 Å². The molecular weight excluding hydrogens is 302 g/mol. The quantitative estimate of drug-likeness (QED) is 0.721. The maximum Gasteiger partial charge on any atom is 0.121 e. The molecule has 0 unspecified atom stereocenters. The molecule has 0 radical (unpaired) electrons. The van der Waals surface area contributed by atoms with Gasteiger partial charge < -0.3 is 9.64 Å². The van der Waals surface area contributed by atoms with E-state index in [0.29, 0.717) is 11.8 Å². The van der Waals surface area contributed by atoms with Gasteiger partial charge in [-0.2, -0.15) is 0 Å². The van der Waals surface area contributed by atoms with Gasteiger partial charge in [-0.15, -0.1) is 11.6 Å². The molecule has 0 amide bonds. The monoisotopic (exact) mass is 319 g/mol. The molecule has 2 aromatic carbocycles. The molecule has 110 valence electrons. The minimum atomic E-state index is 0.418. The van der Waals surface area contributed by atoms with E-state index >= 15 is 0 Å². The van der Waals surface area contributed by atoms with Gasteiger partial charge in [0.05, 0.1) is 18.5 Å². The second-order valence-corrected chi connectivity index (χ2v) is 6.67. The van der Waals surface area contributed by atoms with Crippen molar-refractivity contribution in [3.05, 3.63) is 42.5 Å². The third kappa shape index (κ3) is 2.85. The lowest BCUT2D eigenvalue weighted by Gasteiger charge is -2.34. The molecule has 0 saturated heterocycles. The number of anilines is 2. The first kappa shape index (κ1) is 14.6. The van der Waals surface area contributed by atoms with Crippen LogP contribution < -0.4 is 9.64 Å². The Labute approximate surface area is 135 Å². The largest absolute Gasteiger partial charge is 0.497 e. The summed E-state index contributed by atoms with van der Waals surface area (Å²) in [5, 5.41) is 0. The van der Waals surface area contributed by atoms with Crippen LogP contribution in [0, 0.1) is 5.92 Å². The molecule has 0 fully saturated rings. The van der Waals surface area contributed by atoms with Crippen LogP contribution in [0.1, 0.15) is 6.92 Å². The van der Waals surface area contributed by atoms with E-state index in [4.69, 9.17) is 16.3 Å². The number of hydrogen-bond donors (Lipinski definition) is 0. The number of alkyl halides is 1. The van der Waals surface area contributed by atoms with Crippen LogP contribution in [0.5, 0.6) is 5.75 Å². The van der Waals surface area contributed by atoms with Crippen molar-refractivity contribution in [2.45, 2.75) is 16.7 Å². The number of benzene rings is 2. The summed E-state index contributed by atoms with van der Waals surface area (Å²) in [6.07, 6.45) is 0. The highest BCUT2D eigenvalue weighted by atomic mass is 35.5. The second kappa shape index (κ2) is 6.20. The SMILES string of the molecule is COc1ccc2c(c1)N(C[C@H](C)CCl)c1ccccc1S2. The Balaban J connectivity index is 2.07. The fourth-order valence-electron chi connectivity index (χ4n) is 2.49. The topological polar surface area (TPSA) is 12.5 Å². The van der Waals surface area contributed by atoms with Gasteiger partial charge in [-0.25, -0.2) is 0 Å². The number of hydrogen-bond acceptors (Lipinski definition) is 3. The van der Waals surface area contributed by atoms with E-state index in [1.165, 1.54) is 21.2 Å². The number of para-hydroxylation sites is 1. The van der Waals surface area contributed by atoms with Crippen molar-refractivity contribution >= 4 is 34.7 Å². The smallest absolute Gasteiger partial charge is 0.121 e. The fourth-order valence-corrected chi connectivity index (χ4v) is 3.67. The molecule has 1 aliphatic heterocycles. The zero-order chi connectivity index (χ0) is 14.8. The van der Waals surface area contributed by atoms with Gasteiger partial charge in [0.15, 0.2) is 0 Å². The van der Waals surface area contributed by atoms with E-state index in [-0.39, 0.29) is 0 Å². The molecule has 2 aromatic rings. The van der Waals surface area contributed by atoms with Crippen molar-refractivity contribution in [1.82, 2.24) is 0 Å². The van der Waals surface area contributed by atoms with Crippen molar-refractivity contribution in [3.63, 3.8) is 0 Å². The van der Waals surface area contributed by atoms with Gasteiger partial charge in [-0.1, -0.05) is 30.8 Å². The molecule has 2 nitrogen and oxygen atoms in total. The van der Waals surface area contributed by atoms with Gasteiger partial charge in [0.25, 0.3) is 0 Å². The first-order valence-electron chi connectivity index (χ1n) is 7.01. The molecule has 0 spiro atoms. The lowest BCUT2D eigenvalue weighted by molar-refractivity contribution is 0.414.